The summed E-state index contributed by atoms with van der Waals surface area (Å²) in [4.78, 5) is 25.3. The first-order chi connectivity index (χ1) is 14.6. The van der Waals surface area contributed by atoms with E-state index in [0.717, 1.165) is 51.4 Å². The molecule has 1 aromatic rings. The van der Waals surface area contributed by atoms with Gasteiger partial charge in [-0.1, -0.05) is 53.4 Å². The van der Waals surface area contributed by atoms with E-state index in [2.05, 4.69) is 13.8 Å². The number of carbonyl (C=O) groups excluding carboxylic acids is 2. The summed E-state index contributed by atoms with van der Waals surface area (Å²) in [7, 11) is 0. The van der Waals surface area contributed by atoms with Crippen LogP contribution in [0.15, 0.2) is 12.1 Å². The number of hydrogen-bond donors (Lipinski definition) is 0. The van der Waals surface area contributed by atoms with E-state index in [0.29, 0.717) is 37.9 Å². The second kappa shape index (κ2) is 15.6. The highest BCUT2D eigenvalue weighted by Gasteiger charge is 2.23. The van der Waals surface area contributed by atoms with Crippen LogP contribution >= 0.6 is 0 Å². The lowest BCUT2D eigenvalue weighted by molar-refractivity contribution is 0.0476. The predicted octanol–water partition coefficient (Wildman–Crippen LogP) is 5.96. The van der Waals surface area contributed by atoms with Gasteiger partial charge in [0.2, 0.25) is 0 Å². The van der Waals surface area contributed by atoms with Gasteiger partial charge < -0.3 is 18.9 Å². The maximum Gasteiger partial charge on any atom is 0.342 e. The van der Waals surface area contributed by atoms with Gasteiger partial charge >= 0.3 is 11.9 Å². The van der Waals surface area contributed by atoms with E-state index in [1.54, 1.807) is 12.1 Å². The van der Waals surface area contributed by atoms with Crippen LogP contribution in [-0.2, 0) is 9.47 Å². The third-order valence-corrected chi connectivity index (χ3v) is 4.49. The number of hydrogen-bond acceptors (Lipinski definition) is 6. The van der Waals surface area contributed by atoms with Crippen LogP contribution < -0.4 is 9.47 Å². The highest BCUT2D eigenvalue weighted by molar-refractivity contribution is 5.98. The van der Waals surface area contributed by atoms with E-state index in [1.807, 2.05) is 13.8 Å². The van der Waals surface area contributed by atoms with Crippen LogP contribution in [0, 0.1) is 0 Å². The second-order valence-corrected chi connectivity index (χ2v) is 7.23. The van der Waals surface area contributed by atoms with Crippen molar-refractivity contribution < 1.29 is 28.5 Å². The Hall–Kier alpha value is -2.24. The van der Waals surface area contributed by atoms with Crippen molar-refractivity contribution in [1.29, 1.82) is 0 Å². The Balaban J connectivity index is 3.22. The summed E-state index contributed by atoms with van der Waals surface area (Å²) in [6.45, 7) is 9.78. The van der Waals surface area contributed by atoms with Gasteiger partial charge in [-0.15, -0.1) is 0 Å². The Morgan fingerprint density at radius 1 is 0.600 bits per heavy atom. The first kappa shape index (κ1) is 25.8. The predicted molar refractivity (Wildman–Crippen MR) is 118 cm³/mol. The molecule has 0 heterocycles. The highest BCUT2D eigenvalue weighted by Crippen LogP contribution is 2.31. The summed E-state index contributed by atoms with van der Waals surface area (Å²) in [5.41, 5.74) is 0.553. The molecule has 1 aromatic carbocycles. The fourth-order valence-electron chi connectivity index (χ4n) is 2.54. The van der Waals surface area contributed by atoms with Crippen molar-refractivity contribution in [1.82, 2.24) is 0 Å². The molecule has 6 nitrogen and oxygen atoms in total. The topological polar surface area (TPSA) is 71.1 Å². The van der Waals surface area contributed by atoms with Gasteiger partial charge in [0.25, 0.3) is 0 Å². The molecule has 0 aliphatic heterocycles. The molecule has 0 aliphatic carbocycles. The molecule has 6 heteroatoms. The zero-order chi connectivity index (χ0) is 22.2. The lowest BCUT2D eigenvalue weighted by Gasteiger charge is -2.17. The maximum atomic E-state index is 12.7. The summed E-state index contributed by atoms with van der Waals surface area (Å²) in [6, 6.07) is 3.11. The quantitative estimate of drug-likeness (QED) is 0.242. The standard InChI is InChI=1S/C24H38O6/c1-5-9-13-27-21-17-20(24(26)30-16-12-8-4)22(28-14-10-6-2)18-19(21)23(25)29-15-11-7-3/h17-18H,5-16H2,1-4H3. The Morgan fingerprint density at radius 3 is 1.27 bits per heavy atom. The van der Waals surface area contributed by atoms with Crippen molar-refractivity contribution in [3.8, 4) is 11.5 Å². The van der Waals surface area contributed by atoms with Crippen LogP contribution in [0.4, 0.5) is 0 Å². The van der Waals surface area contributed by atoms with E-state index in [-0.39, 0.29) is 11.1 Å². The fraction of sp³-hybridized carbons (Fsp3) is 0.667. The molecule has 0 N–H and O–H groups in total. The smallest absolute Gasteiger partial charge is 0.342 e. The zero-order valence-electron chi connectivity index (χ0n) is 19.1. The van der Waals surface area contributed by atoms with E-state index >= 15 is 0 Å². The van der Waals surface area contributed by atoms with Crippen LogP contribution in [0.25, 0.3) is 0 Å². The average Bonchev–Trinajstić information content (AvgIpc) is 2.74. The van der Waals surface area contributed by atoms with Crippen molar-refractivity contribution in [3.63, 3.8) is 0 Å². The Morgan fingerprint density at radius 2 is 0.933 bits per heavy atom. The number of esters is 2. The average molecular weight is 423 g/mol. The molecule has 0 atom stereocenters. The summed E-state index contributed by atoms with van der Waals surface area (Å²) in [6.07, 6.45) is 7.05. The van der Waals surface area contributed by atoms with Crippen LogP contribution in [0.2, 0.25) is 0 Å². The maximum absolute atomic E-state index is 12.7. The lowest BCUT2D eigenvalue weighted by atomic mass is 10.1. The van der Waals surface area contributed by atoms with Crippen LogP contribution in [-0.4, -0.2) is 38.4 Å². The van der Waals surface area contributed by atoms with Crippen molar-refractivity contribution in [2.24, 2.45) is 0 Å². The van der Waals surface area contributed by atoms with Gasteiger partial charge in [-0.05, 0) is 37.8 Å². The minimum Gasteiger partial charge on any atom is -0.493 e. The molecule has 0 saturated carbocycles. The monoisotopic (exact) mass is 422 g/mol. The van der Waals surface area contributed by atoms with Crippen LogP contribution in [0.5, 0.6) is 11.5 Å². The Kier molecular flexibility index (Phi) is 13.4. The molecule has 170 valence electrons. The van der Waals surface area contributed by atoms with Gasteiger partial charge in [0, 0.05) is 0 Å². The highest BCUT2D eigenvalue weighted by atomic mass is 16.5. The van der Waals surface area contributed by atoms with E-state index < -0.39 is 11.9 Å². The molecule has 1 rings (SSSR count). The largest absolute Gasteiger partial charge is 0.493 e. The molecule has 0 spiro atoms. The summed E-state index contributed by atoms with van der Waals surface area (Å²) < 4.78 is 22.4. The zero-order valence-corrected chi connectivity index (χ0v) is 19.1. The van der Waals surface area contributed by atoms with E-state index in [4.69, 9.17) is 18.9 Å². The summed E-state index contributed by atoms with van der Waals surface area (Å²) >= 11 is 0. The van der Waals surface area contributed by atoms with Gasteiger partial charge in [0.05, 0.1) is 26.4 Å². The van der Waals surface area contributed by atoms with Gasteiger partial charge in [0.15, 0.2) is 0 Å². The molecular weight excluding hydrogens is 384 g/mol. The van der Waals surface area contributed by atoms with Crippen molar-refractivity contribution in [3.05, 3.63) is 23.3 Å². The minimum absolute atomic E-state index is 0.277. The van der Waals surface area contributed by atoms with Gasteiger partial charge in [-0.2, -0.15) is 0 Å². The van der Waals surface area contributed by atoms with Crippen LogP contribution in [0.3, 0.4) is 0 Å². The van der Waals surface area contributed by atoms with Crippen LogP contribution in [0.1, 0.15) is 99.8 Å². The first-order valence-corrected chi connectivity index (χ1v) is 11.4. The molecule has 0 amide bonds. The van der Waals surface area contributed by atoms with Gasteiger partial charge in [-0.3, -0.25) is 0 Å². The van der Waals surface area contributed by atoms with Crippen molar-refractivity contribution >= 4 is 11.9 Å². The number of benzene rings is 1. The number of ether oxygens (including phenoxy) is 4. The third kappa shape index (κ3) is 9.06. The molecule has 0 saturated heterocycles. The molecule has 0 aromatic heterocycles. The van der Waals surface area contributed by atoms with Gasteiger partial charge in [0.1, 0.15) is 22.6 Å². The summed E-state index contributed by atoms with van der Waals surface area (Å²) in [5, 5.41) is 0. The summed E-state index contributed by atoms with van der Waals surface area (Å²) in [5.74, 6) is -0.284. The number of carbonyl (C=O) groups is 2. The molecule has 0 aliphatic rings. The fourth-order valence-corrected chi connectivity index (χ4v) is 2.54. The number of rotatable bonds is 16. The van der Waals surface area contributed by atoms with Crippen molar-refractivity contribution in [2.45, 2.75) is 79.1 Å². The van der Waals surface area contributed by atoms with Crippen molar-refractivity contribution in [2.75, 3.05) is 26.4 Å². The molecule has 0 fully saturated rings. The molecular formula is C24H38O6. The Bertz CT molecular complexity index is 585. The molecule has 0 bridgehead atoms. The van der Waals surface area contributed by atoms with Gasteiger partial charge in [-0.25, -0.2) is 9.59 Å². The Labute approximate surface area is 181 Å². The third-order valence-electron chi connectivity index (χ3n) is 4.49. The molecule has 30 heavy (non-hydrogen) atoms. The lowest BCUT2D eigenvalue weighted by Crippen LogP contribution is -2.14. The van der Waals surface area contributed by atoms with E-state index in [9.17, 15) is 9.59 Å². The molecule has 0 radical (unpaired) electrons. The SMILES string of the molecule is CCCCOC(=O)c1cc(OCCCC)c(C(=O)OCCCC)cc1OCCCC. The normalized spacial score (nSPS) is 10.5. The molecule has 0 unspecified atom stereocenters. The minimum atomic E-state index is -0.471. The van der Waals surface area contributed by atoms with E-state index in [1.165, 1.54) is 0 Å². The second-order valence-electron chi connectivity index (χ2n) is 7.23. The first-order valence-electron chi connectivity index (χ1n) is 11.4. The number of unbranched alkanes of at least 4 members (excludes halogenated alkanes) is 4.